The average Bonchev–Trinajstić information content (AvgIpc) is 3.33. The molecule has 3 atom stereocenters. The van der Waals surface area contributed by atoms with Gasteiger partial charge in [0.05, 0.1) is 11.7 Å². The van der Waals surface area contributed by atoms with Crippen molar-refractivity contribution in [3.8, 4) is 0 Å². The molecule has 0 aliphatic carbocycles. The molecule has 2 amide bonds. The van der Waals surface area contributed by atoms with Gasteiger partial charge in [0.15, 0.2) is 0 Å². The molecule has 0 spiro atoms. The maximum atomic E-state index is 13.9. The average molecular weight is 400 g/mol. The number of aromatic nitrogens is 2. The summed E-state index contributed by atoms with van der Waals surface area (Å²) in [6.45, 7) is 3.46. The molecule has 1 aromatic carbocycles. The van der Waals surface area contributed by atoms with Crippen LogP contribution < -0.4 is 0 Å². The smallest absolute Gasteiger partial charge is 0.272 e. The van der Waals surface area contributed by atoms with Crippen molar-refractivity contribution in [2.75, 3.05) is 33.4 Å². The number of hydrogen-bond acceptors (Lipinski definition) is 4. The van der Waals surface area contributed by atoms with Crippen molar-refractivity contribution in [2.45, 2.75) is 13.0 Å². The number of rotatable bonds is 4. The second-order valence-electron chi connectivity index (χ2n) is 7.91. The predicted molar refractivity (Wildman–Crippen MR) is 104 cm³/mol. The van der Waals surface area contributed by atoms with Gasteiger partial charge in [-0.3, -0.25) is 14.3 Å². The molecule has 1 aromatic heterocycles. The predicted octanol–water partition coefficient (Wildman–Crippen LogP) is 1.79. The topological polar surface area (TPSA) is 67.7 Å². The Labute approximate surface area is 169 Å². The number of hydrogen-bond donors (Lipinski definition) is 0. The van der Waals surface area contributed by atoms with Gasteiger partial charge in [-0.2, -0.15) is 5.10 Å². The molecule has 7 nitrogen and oxygen atoms in total. The summed E-state index contributed by atoms with van der Waals surface area (Å²) < 4.78 is 20.6. The van der Waals surface area contributed by atoms with Crippen molar-refractivity contribution in [1.82, 2.24) is 19.6 Å². The molecule has 2 saturated heterocycles. The SMILES string of the molecule is COCC(=O)N1C[C@H]2CN(C(=O)c3cc(C)nn3C)C[C@H]2[C@@H]1c1cccc(F)c1. The summed E-state index contributed by atoms with van der Waals surface area (Å²) in [4.78, 5) is 29.3. The summed E-state index contributed by atoms with van der Waals surface area (Å²) >= 11 is 0. The Kier molecular flexibility index (Phi) is 5.12. The first-order valence-corrected chi connectivity index (χ1v) is 9.73. The standard InChI is InChI=1S/C21H25FN4O3/c1-13-7-18(24(2)23-13)21(28)25-9-15-10-26(19(27)12-29-3)20(17(15)11-25)14-5-4-6-16(22)8-14/h4-8,15,17,20H,9-12H2,1-3H3/t15-,17-,20+/m1/s1. The first-order valence-electron chi connectivity index (χ1n) is 9.73. The highest BCUT2D eigenvalue weighted by Crippen LogP contribution is 2.45. The van der Waals surface area contributed by atoms with E-state index >= 15 is 0 Å². The van der Waals surface area contributed by atoms with Crippen molar-refractivity contribution >= 4 is 11.8 Å². The molecule has 29 heavy (non-hydrogen) atoms. The number of methoxy groups -OCH3 is 1. The second-order valence-corrected chi connectivity index (χ2v) is 7.91. The second kappa shape index (κ2) is 7.59. The van der Waals surface area contributed by atoms with Gasteiger partial charge >= 0.3 is 0 Å². The lowest BCUT2D eigenvalue weighted by Crippen LogP contribution is -2.39. The lowest BCUT2D eigenvalue weighted by Gasteiger charge is -2.30. The minimum atomic E-state index is -0.332. The van der Waals surface area contributed by atoms with Crippen LogP contribution in [-0.4, -0.2) is 64.7 Å². The molecule has 8 heteroatoms. The summed E-state index contributed by atoms with van der Waals surface area (Å²) in [5.74, 6) is -0.314. The summed E-state index contributed by atoms with van der Waals surface area (Å²) in [5.41, 5.74) is 2.11. The number of likely N-dealkylation sites (tertiary alicyclic amines) is 2. The number of benzene rings is 1. The van der Waals surface area contributed by atoms with Crippen LogP contribution in [-0.2, 0) is 16.6 Å². The molecule has 0 unspecified atom stereocenters. The molecular weight excluding hydrogens is 375 g/mol. The summed E-state index contributed by atoms with van der Waals surface area (Å²) in [6.07, 6.45) is 0. The Bertz CT molecular complexity index is 944. The number of fused-ring (bicyclic) bond motifs is 1. The van der Waals surface area contributed by atoms with E-state index in [9.17, 15) is 14.0 Å². The summed E-state index contributed by atoms with van der Waals surface area (Å²) in [7, 11) is 3.25. The van der Waals surface area contributed by atoms with E-state index in [0.717, 1.165) is 11.3 Å². The molecule has 0 radical (unpaired) electrons. The number of halogens is 1. The van der Waals surface area contributed by atoms with Crippen LogP contribution in [0.2, 0.25) is 0 Å². The zero-order valence-corrected chi connectivity index (χ0v) is 16.8. The van der Waals surface area contributed by atoms with Gasteiger partial charge in [0.25, 0.3) is 5.91 Å². The molecule has 2 aromatic rings. The zero-order chi connectivity index (χ0) is 20.7. The lowest BCUT2D eigenvalue weighted by molar-refractivity contribution is -0.136. The summed E-state index contributed by atoms with van der Waals surface area (Å²) in [5, 5.41) is 4.26. The fourth-order valence-electron chi connectivity index (χ4n) is 4.76. The number of aryl methyl sites for hydroxylation is 2. The van der Waals surface area contributed by atoms with Crippen LogP contribution in [0.4, 0.5) is 4.39 Å². The van der Waals surface area contributed by atoms with Crippen LogP contribution in [0.5, 0.6) is 0 Å². The molecule has 154 valence electrons. The first kappa shape index (κ1) is 19.6. The Morgan fingerprint density at radius 1 is 1.24 bits per heavy atom. The normalized spacial score (nSPS) is 23.5. The third-order valence-electron chi connectivity index (χ3n) is 5.95. The van der Waals surface area contributed by atoms with E-state index in [4.69, 9.17) is 4.74 Å². The van der Waals surface area contributed by atoms with Gasteiger partial charge < -0.3 is 14.5 Å². The highest BCUT2D eigenvalue weighted by atomic mass is 19.1. The van der Waals surface area contributed by atoms with E-state index in [2.05, 4.69) is 5.10 Å². The van der Waals surface area contributed by atoms with Gasteiger partial charge in [0, 0.05) is 45.6 Å². The molecule has 0 bridgehead atoms. The van der Waals surface area contributed by atoms with Crippen molar-refractivity contribution < 1.29 is 18.7 Å². The van der Waals surface area contributed by atoms with E-state index in [1.807, 2.05) is 17.9 Å². The van der Waals surface area contributed by atoms with E-state index in [-0.39, 0.29) is 42.1 Å². The number of amides is 2. The van der Waals surface area contributed by atoms with Gasteiger partial charge in [-0.05, 0) is 30.7 Å². The molecule has 3 heterocycles. The molecular formula is C21H25FN4O3. The highest BCUT2D eigenvalue weighted by molar-refractivity contribution is 5.93. The van der Waals surface area contributed by atoms with Gasteiger partial charge in [0.2, 0.25) is 5.91 Å². The van der Waals surface area contributed by atoms with Gasteiger partial charge in [0.1, 0.15) is 18.1 Å². The molecule has 0 saturated carbocycles. The van der Waals surface area contributed by atoms with Crippen molar-refractivity contribution in [3.05, 3.63) is 53.1 Å². The van der Waals surface area contributed by atoms with E-state index in [1.165, 1.54) is 19.2 Å². The van der Waals surface area contributed by atoms with Crippen LogP contribution in [0.15, 0.2) is 30.3 Å². The zero-order valence-electron chi connectivity index (χ0n) is 16.8. The maximum absolute atomic E-state index is 13.9. The number of ether oxygens (including phenoxy) is 1. The fourth-order valence-corrected chi connectivity index (χ4v) is 4.76. The van der Waals surface area contributed by atoms with Crippen LogP contribution in [0.1, 0.15) is 27.8 Å². The third-order valence-corrected chi connectivity index (χ3v) is 5.95. The van der Waals surface area contributed by atoms with Gasteiger partial charge in [-0.15, -0.1) is 0 Å². The third kappa shape index (κ3) is 3.53. The van der Waals surface area contributed by atoms with Crippen molar-refractivity contribution in [2.24, 2.45) is 18.9 Å². The Morgan fingerprint density at radius 3 is 2.69 bits per heavy atom. The Balaban J connectivity index is 1.61. The molecule has 2 aliphatic heterocycles. The number of carbonyl (C=O) groups is 2. The molecule has 2 aliphatic rings. The Morgan fingerprint density at radius 2 is 2.03 bits per heavy atom. The van der Waals surface area contributed by atoms with Crippen LogP contribution in [0.3, 0.4) is 0 Å². The fraction of sp³-hybridized carbons (Fsp3) is 0.476. The largest absolute Gasteiger partial charge is 0.375 e. The summed E-state index contributed by atoms with van der Waals surface area (Å²) in [6, 6.07) is 7.89. The molecule has 0 N–H and O–H groups in total. The van der Waals surface area contributed by atoms with E-state index in [1.54, 1.807) is 28.8 Å². The molecule has 4 rings (SSSR count). The monoisotopic (exact) mass is 400 g/mol. The minimum absolute atomic E-state index is 0.0117. The van der Waals surface area contributed by atoms with Gasteiger partial charge in [-0.25, -0.2) is 4.39 Å². The highest BCUT2D eigenvalue weighted by Gasteiger charge is 2.50. The van der Waals surface area contributed by atoms with Crippen molar-refractivity contribution in [3.63, 3.8) is 0 Å². The van der Waals surface area contributed by atoms with Crippen LogP contribution in [0.25, 0.3) is 0 Å². The van der Waals surface area contributed by atoms with E-state index < -0.39 is 0 Å². The van der Waals surface area contributed by atoms with Crippen LogP contribution in [0, 0.1) is 24.6 Å². The van der Waals surface area contributed by atoms with E-state index in [0.29, 0.717) is 25.3 Å². The molecule has 2 fully saturated rings. The number of nitrogens with zero attached hydrogens (tertiary/aromatic N) is 4. The first-order chi connectivity index (χ1) is 13.9. The number of carbonyl (C=O) groups excluding carboxylic acids is 2. The quantitative estimate of drug-likeness (QED) is 0.785. The van der Waals surface area contributed by atoms with Crippen molar-refractivity contribution in [1.29, 1.82) is 0 Å². The maximum Gasteiger partial charge on any atom is 0.272 e. The Hall–Kier alpha value is -2.74. The van der Waals surface area contributed by atoms with Crippen LogP contribution >= 0.6 is 0 Å². The minimum Gasteiger partial charge on any atom is -0.375 e. The lowest BCUT2D eigenvalue weighted by atomic mass is 9.89. The van der Waals surface area contributed by atoms with Gasteiger partial charge in [-0.1, -0.05) is 12.1 Å².